The highest BCUT2D eigenvalue weighted by Gasteiger charge is 2.35. The summed E-state index contributed by atoms with van der Waals surface area (Å²) in [7, 11) is -2.40. The zero-order valence-corrected chi connectivity index (χ0v) is 11.2. The molecule has 17 heavy (non-hydrogen) atoms. The number of rotatable bonds is 2. The summed E-state index contributed by atoms with van der Waals surface area (Å²) < 4.78 is 32.3. The minimum atomic E-state index is -2.40. The van der Waals surface area contributed by atoms with E-state index in [1.54, 1.807) is 4.90 Å². The number of ether oxygens (including phenoxy) is 2. The third-order valence-electron chi connectivity index (χ3n) is 3.19. The smallest absolute Gasteiger partial charge is 0.410 e. The third kappa shape index (κ3) is 3.87. The van der Waals surface area contributed by atoms with Crippen LogP contribution in [-0.2, 0) is 9.47 Å². The van der Waals surface area contributed by atoms with Crippen LogP contribution in [0.3, 0.4) is 0 Å². The molecule has 1 amide bonds. The fourth-order valence-corrected chi connectivity index (χ4v) is 1.95. The van der Waals surface area contributed by atoms with Gasteiger partial charge in [-0.05, 0) is 40.0 Å². The molecule has 4 nitrogen and oxygen atoms in total. The molecule has 0 aromatic heterocycles. The molecule has 1 aliphatic heterocycles. The lowest BCUT2D eigenvalue weighted by Gasteiger charge is -2.40. The Balaban J connectivity index is 2.59. The van der Waals surface area contributed by atoms with E-state index in [4.69, 9.17) is 13.6 Å². The van der Waals surface area contributed by atoms with Crippen molar-refractivity contribution in [3.05, 3.63) is 0 Å². The molecular formula is C13H25NO3. The van der Waals surface area contributed by atoms with Crippen LogP contribution in [0.25, 0.3) is 0 Å². The fourth-order valence-electron chi connectivity index (χ4n) is 1.95. The van der Waals surface area contributed by atoms with Gasteiger partial charge in [-0.3, -0.25) is 0 Å². The average Bonchev–Trinajstić information content (AvgIpc) is 2.25. The van der Waals surface area contributed by atoms with Crippen LogP contribution in [0.15, 0.2) is 0 Å². The van der Waals surface area contributed by atoms with Gasteiger partial charge in [0.1, 0.15) is 5.60 Å². The zero-order chi connectivity index (χ0) is 15.6. The van der Waals surface area contributed by atoms with E-state index in [0.29, 0.717) is 32.4 Å². The van der Waals surface area contributed by atoms with Crippen LogP contribution in [0.4, 0.5) is 4.79 Å². The Hall–Kier alpha value is -0.770. The molecule has 1 rings (SSSR count). The first-order valence-electron chi connectivity index (χ1n) is 7.64. The predicted molar refractivity (Wildman–Crippen MR) is 67.1 cm³/mol. The van der Waals surface area contributed by atoms with E-state index in [2.05, 4.69) is 0 Å². The SMILES string of the molecule is [2H]C([2H])([2H])OC1(CC)CCN(C(=O)OC(C)(C)C)CC1. The number of hydrogen-bond acceptors (Lipinski definition) is 3. The molecular weight excluding hydrogens is 218 g/mol. The maximum Gasteiger partial charge on any atom is 0.410 e. The Bertz CT molecular complexity index is 342. The molecule has 0 bridgehead atoms. The predicted octanol–water partition coefficient (Wildman–Crippen LogP) is 2.81. The fraction of sp³-hybridized carbons (Fsp3) is 0.923. The van der Waals surface area contributed by atoms with Gasteiger partial charge in [-0.25, -0.2) is 4.79 Å². The Morgan fingerprint density at radius 1 is 1.41 bits per heavy atom. The van der Waals surface area contributed by atoms with E-state index in [0.717, 1.165) is 0 Å². The number of methoxy groups -OCH3 is 1. The van der Waals surface area contributed by atoms with Crippen molar-refractivity contribution in [1.82, 2.24) is 4.90 Å². The minimum Gasteiger partial charge on any atom is -0.444 e. The molecule has 0 atom stereocenters. The highest BCUT2D eigenvalue weighted by atomic mass is 16.6. The van der Waals surface area contributed by atoms with Crippen LogP contribution in [0.5, 0.6) is 0 Å². The molecule has 1 saturated heterocycles. The summed E-state index contributed by atoms with van der Waals surface area (Å²) in [4.78, 5) is 13.6. The first kappa shape index (κ1) is 10.2. The van der Waals surface area contributed by atoms with Gasteiger partial charge in [-0.1, -0.05) is 6.92 Å². The highest BCUT2D eigenvalue weighted by Crippen LogP contribution is 2.29. The Labute approximate surface area is 108 Å². The van der Waals surface area contributed by atoms with Crippen molar-refractivity contribution in [1.29, 1.82) is 0 Å². The van der Waals surface area contributed by atoms with Crippen molar-refractivity contribution in [2.24, 2.45) is 0 Å². The number of nitrogens with zero attached hydrogens (tertiary/aromatic N) is 1. The summed E-state index contributed by atoms with van der Waals surface area (Å²) in [5.74, 6) is 0. The molecule has 1 fully saturated rings. The zero-order valence-electron chi connectivity index (χ0n) is 14.2. The molecule has 1 heterocycles. The van der Waals surface area contributed by atoms with Gasteiger partial charge >= 0.3 is 6.09 Å². The number of likely N-dealkylation sites (tertiary alicyclic amines) is 1. The molecule has 0 N–H and O–H groups in total. The second-order valence-electron chi connectivity index (χ2n) is 5.61. The number of carbonyl (C=O) groups is 1. The minimum absolute atomic E-state index is 0.351. The van der Waals surface area contributed by atoms with Crippen molar-refractivity contribution in [3.63, 3.8) is 0 Å². The Morgan fingerprint density at radius 2 is 2.00 bits per heavy atom. The first-order chi connectivity index (χ1) is 8.96. The van der Waals surface area contributed by atoms with Crippen LogP contribution in [-0.4, -0.2) is 42.3 Å². The van der Waals surface area contributed by atoms with Gasteiger partial charge in [0.2, 0.25) is 0 Å². The van der Waals surface area contributed by atoms with Gasteiger partial charge in [-0.2, -0.15) is 0 Å². The molecule has 0 aromatic carbocycles. The van der Waals surface area contributed by atoms with Gasteiger partial charge < -0.3 is 14.4 Å². The van der Waals surface area contributed by atoms with Gasteiger partial charge in [0.05, 0.1) is 9.71 Å². The van der Waals surface area contributed by atoms with Gasteiger partial charge in [0, 0.05) is 20.1 Å². The summed E-state index contributed by atoms with van der Waals surface area (Å²) in [6.07, 6.45) is 1.30. The lowest BCUT2D eigenvalue weighted by molar-refractivity contribution is -0.0622. The molecule has 0 saturated carbocycles. The van der Waals surface area contributed by atoms with E-state index in [1.165, 1.54) is 0 Å². The van der Waals surface area contributed by atoms with Crippen LogP contribution in [0.1, 0.15) is 51.1 Å². The maximum atomic E-state index is 12.0. The second-order valence-corrected chi connectivity index (χ2v) is 5.61. The van der Waals surface area contributed by atoms with Crippen molar-refractivity contribution in [3.8, 4) is 0 Å². The normalized spacial score (nSPS) is 23.5. The summed E-state index contributed by atoms with van der Waals surface area (Å²) >= 11 is 0. The van der Waals surface area contributed by atoms with E-state index in [9.17, 15) is 4.79 Å². The number of piperidine rings is 1. The molecule has 0 aromatic rings. The lowest BCUT2D eigenvalue weighted by Crippen LogP contribution is -2.48. The second kappa shape index (κ2) is 5.25. The molecule has 0 spiro atoms. The summed E-state index contributed by atoms with van der Waals surface area (Å²) in [5.41, 5.74) is -1.19. The monoisotopic (exact) mass is 246 g/mol. The molecule has 0 radical (unpaired) electrons. The number of hydrogen-bond donors (Lipinski definition) is 0. The van der Waals surface area contributed by atoms with Crippen molar-refractivity contribution in [2.45, 2.75) is 58.2 Å². The molecule has 1 aliphatic rings. The molecule has 4 heteroatoms. The molecule has 100 valence electrons. The summed E-state index contributed by atoms with van der Waals surface area (Å²) in [5, 5.41) is 0. The Morgan fingerprint density at radius 3 is 2.41 bits per heavy atom. The third-order valence-corrected chi connectivity index (χ3v) is 3.19. The van der Waals surface area contributed by atoms with Crippen molar-refractivity contribution >= 4 is 6.09 Å². The average molecular weight is 246 g/mol. The standard InChI is InChI=1S/C13H25NO3/c1-6-13(16-5)7-9-14(10-8-13)11(15)17-12(2,3)4/h6-10H2,1-5H3/i5D3. The van der Waals surface area contributed by atoms with Crippen LogP contribution in [0.2, 0.25) is 0 Å². The number of carbonyl (C=O) groups excluding carboxylic acids is 1. The van der Waals surface area contributed by atoms with Gasteiger partial charge in [-0.15, -0.1) is 0 Å². The molecule has 0 aliphatic carbocycles. The maximum absolute atomic E-state index is 12.0. The van der Waals surface area contributed by atoms with Crippen LogP contribution >= 0.6 is 0 Å². The van der Waals surface area contributed by atoms with Crippen LogP contribution in [0, 0.1) is 0 Å². The highest BCUT2D eigenvalue weighted by molar-refractivity contribution is 5.68. The van der Waals surface area contributed by atoms with E-state index < -0.39 is 18.2 Å². The number of amides is 1. The topological polar surface area (TPSA) is 38.8 Å². The van der Waals surface area contributed by atoms with Gasteiger partial charge in [0.25, 0.3) is 0 Å². The van der Waals surface area contributed by atoms with E-state index in [1.807, 2.05) is 27.7 Å². The Kier molecular flexibility index (Phi) is 3.15. The lowest BCUT2D eigenvalue weighted by atomic mass is 9.89. The van der Waals surface area contributed by atoms with Crippen molar-refractivity contribution in [2.75, 3.05) is 20.1 Å². The largest absolute Gasteiger partial charge is 0.444 e. The van der Waals surface area contributed by atoms with Crippen LogP contribution < -0.4 is 0 Å². The quantitative estimate of drug-likeness (QED) is 0.752. The van der Waals surface area contributed by atoms with E-state index in [-0.39, 0.29) is 6.09 Å². The first-order valence-corrected chi connectivity index (χ1v) is 6.14. The van der Waals surface area contributed by atoms with E-state index >= 15 is 0 Å². The molecule has 0 unspecified atom stereocenters. The van der Waals surface area contributed by atoms with Gasteiger partial charge in [0.15, 0.2) is 0 Å². The summed E-state index contributed by atoms with van der Waals surface area (Å²) in [6.45, 7) is 8.29. The summed E-state index contributed by atoms with van der Waals surface area (Å²) in [6, 6.07) is 0. The van der Waals surface area contributed by atoms with Crippen molar-refractivity contribution < 1.29 is 18.4 Å².